The van der Waals surface area contributed by atoms with Gasteiger partial charge in [-0.3, -0.25) is 9.59 Å². The van der Waals surface area contributed by atoms with Gasteiger partial charge in [-0.15, -0.1) is 0 Å². The van der Waals surface area contributed by atoms with Crippen LogP contribution in [-0.2, 0) is 18.8 Å². The van der Waals surface area contributed by atoms with Crippen molar-refractivity contribution in [3.8, 4) is 0 Å². The van der Waals surface area contributed by atoms with Gasteiger partial charge in [0.15, 0.2) is 14.1 Å². The second-order valence-corrected chi connectivity index (χ2v) is 15.7. The fourth-order valence-electron chi connectivity index (χ4n) is 4.55. The van der Waals surface area contributed by atoms with Crippen LogP contribution in [0.25, 0.3) is 0 Å². The number of carbonyl (C=O) groups excluding carboxylic acids is 2. The first-order valence-electron chi connectivity index (χ1n) is 11.0. The molecule has 0 spiro atoms. The Labute approximate surface area is 179 Å². The summed E-state index contributed by atoms with van der Waals surface area (Å²) in [6.45, 7) is 21.4. The van der Waals surface area contributed by atoms with Gasteiger partial charge in [-0.05, 0) is 56.3 Å². The van der Waals surface area contributed by atoms with Gasteiger partial charge in [0.25, 0.3) is 0 Å². The Morgan fingerprint density at radius 2 is 1.59 bits per heavy atom. The Hall–Kier alpha value is -1.20. The van der Waals surface area contributed by atoms with Crippen LogP contribution in [0.2, 0.25) is 16.6 Å². The largest absolute Gasteiger partial charge is 0.430 e. The van der Waals surface area contributed by atoms with E-state index >= 15 is 0 Å². The van der Waals surface area contributed by atoms with E-state index in [0.29, 0.717) is 47.4 Å². The minimum Gasteiger partial charge on any atom is -0.430 e. The number of ether oxygens (including phenoxy) is 1. The number of hydrogen-bond acceptors (Lipinski definition) is 4. The molecule has 166 valence electrons. The maximum atomic E-state index is 12.6. The number of allylic oxidation sites excluding steroid dienone is 3. The smallest absolute Gasteiger partial charge is 0.316 e. The van der Waals surface area contributed by atoms with Crippen molar-refractivity contribution >= 4 is 20.1 Å². The van der Waals surface area contributed by atoms with Crippen molar-refractivity contribution in [1.29, 1.82) is 0 Å². The lowest BCUT2D eigenvalue weighted by Gasteiger charge is -2.42. The Morgan fingerprint density at radius 3 is 2.00 bits per heavy atom. The molecule has 0 fully saturated rings. The second kappa shape index (κ2) is 10.2. The number of hydrogen-bond donors (Lipinski definition) is 0. The minimum absolute atomic E-state index is 0.0572. The highest BCUT2D eigenvalue weighted by Crippen LogP contribution is 2.42. The van der Waals surface area contributed by atoms with Crippen molar-refractivity contribution in [3.63, 3.8) is 0 Å². The van der Waals surface area contributed by atoms with E-state index in [4.69, 9.17) is 9.16 Å². The van der Waals surface area contributed by atoms with Crippen molar-refractivity contribution in [1.82, 2.24) is 0 Å². The van der Waals surface area contributed by atoms with Gasteiger partial charge in [0.1, 0.15) is 5.76 Å². The third-order valence-electron chi connectivity index (χ3n) is 5.99. The number of esters is 1. The van der Waals surface area contributed by atoms with Gasteiger partial charge in [-0.2, -0.15) is 0 Å². The molecule has 0 amide bonds. The van der Waals surface area contributed by atoms with E-state index in [1.54, 1.807) is 0 Å². The molecular formula is C24H42O4Si. The van der Waals surface area contributed by atoms with Gasteiger partial charge in [0, 0.05) is 19.4 Å². The molecule has 0 radical (unpaired) electrons. The van der Waals surface area contributed by atoms with E-state index < -0.39 is 13.7 Å². The molecule has 0 aromatic carbocycles. The SMILES string of the molecule is CC1=CCCC(=O)/C1=C(\CCO[Si](C(C)C)(C(C)C)C(C)C)OC(=O)C(C)(C)C. The fourth-order valence-corrected chi connectivity index (χ4v) is 10.0. The van der Waals surface area contributed by atoms with Gasteiger partial charge in [-0.1, -0.05) is 47.6 Å². The normalized spacial score (nSPS) is 17.8. The summed E-state index contributed by atoms with van der Waals surface area (Å²) in [6, 6.07) is 0. The Bertz CT molecular complexity index is 641. The molecule has 0 aromatic heterocycles. The summed E-state index contributed by atoms with van der Waals surface area (Å²) in [5, 5.41) is 0. The highest BCUT2D eigenvalue weighted by molar-refractivity contribution is 6.77. The van der Waals surface area contributed by atoms with Gasteiger partial charge >= 0.3 is 5.97 Å². The zero-order valence-corrected chi connectivity index (χ0v) is 21.3. The zero-order chi connectivity index (χ0) is 22.6. The lowest BCUT2D eigenvalue weighted by molar-refractivity contribution is -0.148. The van der Waals surface area contributed by atoms with Crippen molar-refractivity contribution in [3.05, 3.63) is 23.0 Å². The van der Waals surface area contributed by atoms with Crippen molar-refractivity contribution in [2.45, 2.75) is 105 Å². The van der Waals surface area contributed by atoms with Crippen LogP contribution in [0, 0.1) is 5.41 Å². The molecule has 0 bridgehead atoms. The van der Waals surface area contributed by atoms with Gasteiger partial charge in [0.05, 0.1) is 11.0 Å². The highest BCUT2D eigenvalue weighted by atomic mass is 28.4. The average molecular weight is 423 g/mol. The number of ketones is 1. The number of Topliss-reactive ketones (excluding diaryl/α,β-unsaturated/α-hetero) is 1. The van der Waals surface area contributed by atoms with Crippen molar-refractivity contribution < 1.29 is 18.8 Å². The second-order valence-electron chi connectivity index (χ2n) is 10.2. The van der Waals surface area contributed by atoms with E-state index in [2.05, 4.69) is 47.6 Å². The predicted octanol–water partition coefficient (Wildman–Crippen LogP) is 6.72. The Balaban J connectivity index is 3.20. The molecule has 0 aromatic rings. The Morgan fingerprint density at radius 1 is 1.07 bits per heavy atom. The monoisotopic (exact) mass is 422 g/mol. The maximum Gasteiger partial charge on any atom is 0.316 e. The molecule has 1 aliphatic rings. The zero-order valence-electron chi connectivity index (χ0n) is 20.3. The molecule has 1 aliphatic carbocycles. The Kier molecular flexibility index (Phi) is 9.09. The quantitative estimate of drug-likeness (QED) is 0.188. The van der Waals surface area contributed by atoms with Crippen LogP contribution in [0.15, 0.2) is 23.0 Å². The molecule has 0 heterocycles. The molecule has 0 N–H and O–H groups in total. The summed E-state index contributed by atoms with van der Waals surface area (Å²) in [6.07, 6.45) is 3.70. The lowest BCUT2D eigenvalue weighted by Crippen LogP contribution is -2.48. The lowest BCUT2D eigenvalue weighted by atomic mass is 9.91. The minimum atomic E-state index is -2.02. The fraction of sp³-hybridized carbons (Fsp3) is 0.750. The molecule has 0 unspecified atom stereocenters. The predicted molar refractivity (Wildman–Crippen MR) is 122 cm³/mol. The molecule has 1 rings (SSSR count). The molecule has 0 aliphatic heterocycles. The highest BCUT2D eigenvalue weighted by Gasteiger charge is 2.45. The molecule has 5 heteroatoms. The summed E-state index contributed by atoms with van der Waals surface area (Å²) in [5.74, 6) is 0.218. The van der Waals surface area contributed by atoms with Gasteiger partial charge in [0.2, 0.25) is 0 Å². The molecule has 0 atom stereocenters. The molecule has 29 heavy (non-hydrogen) atoms. The third-order valence-corrected chi connectivity index (χ3v) is 12.1. The topological polar surface area (TPSA) is 52.6 Å². The average Bonchev–Trinajstić information content (AvgIpc) is 2.56. The van der Waals surface area contributed by atoms with Crippen LogP contribution in [0.4, 0.5) is 0 Å². The molecule has 0 saturated carbocycles. The van der Waals surface area contributed by atoms with Crippen LogP contribution >= 0.6 is 0 Å². The van der Waals surface area contributed by atoms with Crippen molar-refractivity contribution in [2.75, 3.05) is 6.61 Å². The van der Waals surface area contributed by atoms with E-state index in [1.807, 2.05) is 27.7 Å². The van der Waals surface area contributed by atoms with Gasteiger partial charge < -0.3 is 9.16 Å². The first-order valence-corrected chi connectivity index (χ1v) is 13.2. The van der Waals surface area contributed by atoms with E-state index in [1.165, 1.54) is 0 Å². The third kappa shape index (κ3) is 6.14. The summed E-state index contributed by atoms with van der Waals surface area (Å²) in [5.41, 5.74) is 2.28. The maximum absolute atomic E-state index is 12.6. The van der Waals surface area contributed by atoms with Crippen molar-refractivity contribution in [2.24, 2.45) is 5.41 Å². The first-order chi connectivity index (χ1) is 13.2. The van der Waals surface area contributed by atoms with Crippen LogP contribution in [0.3, 0.4) is 0 Å². The van der Waals surface area contributed by atoms with Crippen LogP contribution < -0.4 is 0 Å². The van der Waals surface area contributed by atoms with Gasteiger partial charge in [-0.25, -0.2) is 0 Å². The van der Waals surface area contributed by atoms with E-state index in [9.17, 15) is 9.59 Å². The van der Waals surface area contributed by atoms with Crippen LogP contribution in [0.1, 0.15) is 88.5 Å². The van der Waals surface area contributed by atoms with E-state index in [0.717, 1.165) is 12.0 Å². The number of carbonyl (C=O) groups is 2. The molecule has 0 saturated heterocycles. The summed E-state index contributed by atoms with van der Waals surface area (Å²) in [4.78, 5) is 25.2. The summed E-state index contributed by atoms with van der Waals surface area (Å²) < 4.78 is 12.5. The molecular weight excluding hydrogens is 380 g/mol. The summed E-state index contributed by atoms with van der Waals surface area (Å²) >= 11 is 0. The van der Waals surface area contributed by atoms with E-state index in [-0.39, 0.29) is 11.8 Å². The molecule has 4 nitrogen and oxygen atoms in total. The van der Waals surface area contributed by atoms with Crippen LogP contribution in [0.5, 0.6) is 0 Å². The summed E-state index contributed by atoms with van der Waals surface area (Å²) in [7, 11) is -2.02. The number of rotatable bonds is 8. The standard InChI is InChI=1S/C24H42O4Si/c1-16(2)29(17(3)4,18(5)6)27-15-14-21(28-23(26)24(8,9)10)22-19(7)12-11-13-20(22)25/h12,16-18H,11,13-15H2,1-10H3/b22-21+. The first kappa shape index (κ1) is 25.8. The van der Waals surface area contributed by atoms with Crippen LogP contribution in [-0.4, -0.2) is 26.7 Å².